The summed E-state index contributed by atoms with van der Waals surface area (Å²) in [5, 5.41) is 0. The molecule has 0 saturated carbocycles. The molecule has 2 aromatic rings. The molecule has 0 aromatic heterocycles. The summed E-state index contributed by atoms with van der Waals surface area (Å²) in [6.07, 6.45) is 0. The van der Waals surface area contributed by atoms with Gasteiger partial charge in [-0.25, -0.2) is 0 Å². The molecule has 0 heterocycles. The van der Waals surface area contributed by atoms with Gasteiger partial charge in [0, 0.05) is 25.0 Å². The summed E-state index contributed by atoms with van der Waals surface area (Å²) >= 11 is 0. The van der Waals surface area contributed by atoms with Crippen molar-refractivity contribution in [3.8, 4) is 0 Å². The number of aryl methyl sites for hydroxylation is 2. The monoisotopic (exact) mass is 240 g/mol. The smallest absolute Gasteiger partial charge is 0.0426 e. The highest BCUT2D eigenvalue weighted by atomic mass is 15.1. The van der Waals surface area contributed by atoms with Crippen molar-refractivity contribution in [3.05, 3.63) is 59.2 Å². The molecule has 0 aliphatic heterocycles. The van der Waals surface area contributed by atoms with Crippen LogP contribution < -0.4 is 10.6 Å². The zero-order chi connectivity index (χ0) is 13.1. The third-order valence-corrected chi connectivity index (χ3v) is 3.16. The number of rotatable bonds is 3. The fraction of sp³-hybridized carbons (Fsp3) is 0.250. The molecule has 0 bridgehead atoms. The van der Waals surface area contributed by atoms with Crippen molar-refractivity contribution in [1.82, 2.24) is 0 Å². The molecule has 2 rings (SSSR count). The van der Waals surface area contributed by atoms with Crippen LogP contribution in [0.4, 0.5) is 11.4 Å². The lowest BCUT2D eigenvalue weighted by Gasteiger charge is -2.22. The zero-order valence-electron chi connectivity index (χ0n) is 11.3. The second kappa shape index (κ2) is 5.13. The second-order valence-electron chi connectivity index (χ2n) is 4.89. The van der Waals surface area contributed by atoms with Crippen molar-refractivity contribution >= 4 is 11.4 Å². The zero-order valence-corrected chi connectivity index (χ0v) is 11.3. The van der Waals surface area contributed by atoms with Crippen molar-refractivity contribution in [2.75, 3.05) is 17.7 Å². The number of nitrogen functional groups attached to an aromatic ring is 1. The van der Waals surface area contributed by atoms with Crippen LogP contribution in [0.3, 0.4) is 0 Å². The van der Waals surface area contributed by atoms with Crippen LogP contribution in [-0.2, 0) is 6.54 Å². The number of anilines is 2. The molecule has 0 aliphatic rings. The summed E-state index contributed by atoms with van der Waals surface area (Å²) in [7, 11) is 2.12. The first-order valence-corrected chi connectivity index (χ1v) is 6.19. The Hall–Kier alpha value is -1.96. The lowest BCUT2D eigenvalue weighted by Crippen LogP contribution is -2.17. The minimum Gasteiger partial charge on any atom is -0.399 e. The molecule has 0 aliphatic carbocycles. The Bertz CT molecular complexity index is 529. The van der Waals surface area contributed by atoms with Crippen molar-refractivity contribution in [1.29, 1.82) is 0 Å². The fourth-order valence-electron chi connectivity index (χ4n) is 2.22. The summed E-state index contributed by atoms with van der Waals surface area (Å²) < 4.78 is 0. The summed E-state index contributed by atoms with van der Waals surface area (Å²) in [5.41, 5.74) is 11.7. The largest absolute Gasteiger partial charge is 0.399 e. The Morgan fingerprint density at radius 2 is 1.67 bits per heavy atom. The molecule has 0 unspecified atom stereocenters. The van der Waals surface area contributed by atoms with Crippen LogP contribution in [0, 0.1) is 13.8 Å². The van der Waals surface area contributed by atoms with Gasteiger partial charge in [0.1, 0.15) is 0 Å². The molecule has 94 valence electrons. The first-order valence-electron chi connectivity index (χ1n) is 6.19. The lowest BCUT2D eigenvalue weighted by molar-refractivity contribution is 0.917. The van der Waals surface area contributed by atoms with Crippen LogP contribution in [-0.4, -0.2) is 7.05 Å². The van der Waals surface area contributed by atoms with E-state index in [-0.39, 0.29) is 0 Å². The molecular formula is C16H20N2. The van der Waals surface area contributed by atoms with E-state index in [1.165, 1.54) is 22.4 Å². The normalized spacial score (nSPS) is 10.4. The van der Waals surface area contributed by atoms with Gasteiger partial charge in [0.05, 0.1) is 0 Å². The predicted octanol–water partition coefficient (Wildman–Crippen LogP) is 3.52. The molecule has 18 heavy (non-hydrogen) atoms. The van der Waals surface area contributed by atoms with E-state index in [0.29, 0.717) is 0 Å². The van der Waals surface area contributed by atoms with E-state index in [1.54, 1.807) is 0 Å². The Kier molecular flexibility index (Phi) is 3.56. The van der Waals surface area contributed by atoms with Gasteiger partial charge in [-0.05, 0) is 43.2 Å². The van der Waals surface area contributed by atoms with Gasteiger partial charge < -0.3 is 10.6 Å². The molecule has 0 fully saturated rings. The first-order chi connectivity index (χ1) is 8.56. The maximum absolute atomic E-state index is 5.70. The van der Waals surface area contributed by atoms with E-state index < -0.39 is 0 Å². The third kappa shape index (κ3) is 2.83. The number of nitrogens with two attached hydrogens (primary N) is 1. The topological polar surface area (TPSA) is 29.3 Å². The number of nitrogens with zero attached hydrogens (tertiary/aromatic N) is 1. The molecule has 2 heteroatoms. The molecule has 2 aromatic carbocycles. The highest BCUT2D eigenvalue weighted by molar-refractivity contribution is 5.54. The Morgan fingerprint density at radius 1 is 1.00 bits per heavy atom. The molecule has 0 atom stereocenters. The Balaban J connectivity index is 2.16. The molecule has 0 saturated heterocycles. The van der Waals surface area contributed by atoms with Crippen LogP contribution in [0.2, 0.25) is 0 Å². The molecule has 0 amide bonds. The summed E-state index contributed by atoms with van der Waals surface area (Å²) in [6.45, 7) is 5.17. The van der Waals surface area contributed by atoms with Gasteiger partial charge in [-0.2, -0.15) is 0 Å². The first kappa shape index (κ1) is 12.5. The van der Waals surface area contributed by atoms with Crippen LogP contribution >= 0.6 is 0 Å². The average Bonchev–Trinajstić information content (AvgIpc) is 2.32. The minimum absolute atomic E-state index is 0.813. The molecule has 0 spiro atoms. The summed E-state index contributed by atoms with van der Waals surface area (Å²) in [5.74, 6) is 0. The van der Waals surface area contributed by atoms with Gasteiger partial charge in [0.25, 0.3) is 0 Å². The van der Waals surface area contributed by atoms with Gasteiger partial charge in [-0.1, -0.05) is 29.8 Å². The van der Waals surface area contributed by atoms with Gasteiger partial charge in [-0.15, -0.1) is 0 Å². The van der Waals surface area contributed by atoms with Crippen molar-refractivity contribution in [2.45, 2.75) is 20.4 Å². The van der Waals surface area contributed by atoms with E-state index in [2.05, 4.69) is 56.1 Å². The fourth-order valence-corrected chi connectivity index (χ4v) is 2.22. The number of hydrogen-bond acceptors (Lipinski definition) is 2. The molecule has 2 nitrogen and oxygen atoms in total. The highest BCUT2D eigenvalue weighted by Gasteiger charge is 2.05. The van der Waals surface area contributed by atoms with Crippen LogP contribution in [0.5, 0.6) is 0 Å². The Labute approximate surface area is 109 Å². The quantitative estimate of drug-likeness (QED) is 0.832. The maximum atomic E-state index is 5.70. The van der Waals surface area contributed by atoms with Crippen molar-refractivity contribution in [3.63, 3.8) is 0 Å². The van der Waals surface area contributed by atoms with Crippen molar-refractivity contribution < 1.29 is 0 Å². The van der Waals surface area contributed by atoms with Crippen LogP contribution in [0.25, 0.3) is 0 Å². The number of hydrogen-bond donors (Lipinski definition) is 1. The van der Waals surface area contributed by atoms with Gasteiger partial charge >= 0.3 is 0 Å². The van der Waals surface area contributed by atoms with E-state index in [0.717, 1.165) is 12.2 Å². The van der Waals surface area contributed by atoms with E-state index in [1.807, 2.05) is 12.1 Å². The van der Waals surface area contributed by atoms with Gasteiger partial charge in [0.15, 0.2) is 0 Å². The van der Waals surface area contributed by atoms with Gasteiger partial charge in [-0.3, -0.25) is 0 Å². The maximum Gasteiger partial charge on any atom is 0.0426 e. The average molecular weight is 240 g/mol. The minimum atomic E-state index is 0.813. The van der Waals surface area contributed by atoms with E-state index in [9.17, 15) is 0 Å². The van der Waals surface area contributed by atoms with E-state index >= 15 is 0 Å². The molecule has 0 radical (unpaired) electrons. The highest BCUT2D eigenvalue weighted by Crippen LogP contribution is 2.21. The molecular weight excluding hydrogens is 220 g/mol. The van der Waals surface area contributed by atoms with Gasteiger partial charge in [0.2, 0.25) is 0 Å². The second-order valence-corrected chi connectivity index (χ2v) is 4.89. The van der Waals surface area contributed by atoms with Crippen molar-refractivity contribution in [2.24, 2.45) is 0 Å². The van der Waals surface area contributed by atoms with Crippen LogP contribution in [0.1, 0.15) is 16.7 Å². The predicted molar refractivity (Wildman–Crippen MR) is 78.9 cm³/mol. The van der Waals surface area contributed by atoms with E-state index in [4.69, 9.17) is 5.73 Å². The third-order valence-electron chi connectivity index (χ3n) is 3.16. The standard InChI is InChI=1S/C16H20N2/c1-12-4-9-16(13(2)10-12)18(3)11-14-5-7-15(17)8-6-14/h4-10H,11,17H2,1-3H3. The Morgan fingerprint density at radius 3 is 2.28 bits per heavy atom. The lowest BCUT2D eigenvalue weighted by atomic mass is 10.1. The summed E-state index contributed by atoms with van der Waals surface area (Å²) in [4.78, 5) is 2.26. The summed E-state index contributed by atoms with van der Waals surface area (Å²) in [6, 6.07) is 14.6. The van der Waals surface area contributed by atoms with Crippen LogP contribution in [0.15, 0.2) is 42.5 Å². The SMILES string of the molecule is Cc1ccc(N(C)Cc2ccc(N)cc2)c(C)c1. The number of benzene rings is 2. The molecule has 2 N–H and O–H groups in total.